The number of benzene rings is 4. The monoisotopic (exact) mass is 802 g/mol. The van der Waals surface area contributed by atoms with Crippen molar-refractivity contribution in [1.29, 1.82) is 37.0 Å². The van der Waals surface area contributed by atoms with E-state index in [1.165, 1.54) is 6.07 Å². The Hall–Kier alpha value is -8.20. The number of nitrogens with one attached hydrogen (secondary N) is 1. The molecule has 58 heavy (non-hydrogen) atoms. The van der Waals surface area contributed by atoms with Crippen molar-refractivity contribution in [3.8, 4) is 36.4 Å². The highest BCUT2D eigenvalue weighted by molar-refractivity contribution is 6.08. The third kappa shape index (κ3) is 4.48. The molecule has 8 nitrogen and oxygen atoms in total. The first-order valence-electron chi connectivity index (χ1n) is 15.2. The van der Waals surface area contributed by atoms with Gasteiger partial charge in [-0.25, -0.2) is 52.7 Å². The Morgan fingerprint density at radius 2 is 0.707 bits per heavy atom. The first-order valence-corrected chi connectivity index (χ1v) is 15.2. The van der Waals surface area contributed by atoms with Crippen molar-refractivity contribution in [3.05, 3.63) is 134 Å². The predicted octanol–water partition coefficient (Wildman–Crippen LogP) is 4.03. The summed E-state index contributed by atoms with van der Waals surface area (Å²) in [5.41, 5.74) is -19.0. The fourth-order valence-electron chi connectivity index (χ4n) is 7.36. The summed E-state index contributed by atoms with van der Waals surface area (Å²) in [6.45, 7) is 0. The van der Waals surface area contributed by atoms with Crippen LogP contribution in [0.4, 0.5) is 52.7 Å². The predicted molar refractivity (Wildman–Crippen MR) is 169 cm³/mol. The second kappa shape index (κ2) is 13.5. The van der Waals surface area contributed by atoms with Crippen LogP contribution in [0.3, 0.4) is 0 Å². The summed E-state index contributed by atoms with van der Waals surface area (Å²) in [6, 6.07) is 6.09. The largest absolute Gasteiger partial charge is 0.307 e. The van der Waals surface area contributed by atoms with Crippen molar-refractivity contribution >= 4 is 34.7 Å². The fraction of sp³-hybridized carbons (Fsp3) is 0.0526. The van der Waals surface area contributed by atoms with E-state index in [4.69, 9.17) is 5.41 Å². The van der Waals surface area contributed by atoms with Gasteiger partial charge in [0.1, 0.15) is 70.8 Å². The van der Waals surface area contributed by atoms with Crippen molar-refractivity contribution in [2.75, 3.05) is 7.05 Å². The molecule has 4 aromatic carbocycles. The molecule has 0 unspecified atom stereocenters. The molecule has 0 amide bonds. The standard InChI is InChI=1S/C38H6F12N8/c1-58-9-13(8-57)17-29(42)25-21(37(50)33(17)46)20-24(28(41)16(12(6-55)7-56)32(45)36(20)49)38(25)22-18(34(47)30(43)14(26(22)39)10(2-51)3-52)19-23(38)27(40)15(11(4-53)5-54)31(44)35(19)48/h6,9,55H,1H3/b16-12-,17-13-,55-6?,58-9+. The molecular weight excluding hydrogens is 796 g/mol. The van der Waals surface area contributed by atoms with Gasteiger partial charge in [0, 0.05) is 62.6 Å². The minimum Gasteiger partial charge on any atom is -0.307 e. The Morgan fingerprint density at radius 3 is 0.966 bits per heavy atom. The van der Waals surface area contributed by atoms with Crippen molar-refractivity contribution < 1.29 is 52.7 Å². The van der Waals surface area contributed by atoms with Crippen molar-refractivity contribution in [3.63, 3.8) is 0 Å². The van der Waals surface area contributed by atoms with E-state index in [0.29, 0.717) is 6.21 Å². The molecule has 0 saturated heterocycles. The molecule has 2 aliphatic rings. The molecule has 1 spiro atoms. The number of halogens is 12. The van der Waals surface area contributed by atoms with Gasteiger partial charge in [0.2, 0.25) is 0 Å². The molecule has 1 N–H and O–H groups in total. The Bertz CT molecular complexity index is 3390. The molecule has 0 atom stereocenters. The molecule has 0 heterocycles. The molecule has 0 aromatic heterocycles. The minimum absolute atomic E-state index is 0.126. The molecule has 4 aromatic rings. The molecule has 0 radical (unpaired) electrons. The number of nitrogens with zero attached hydrogens (tertiary/aromatic N) is 7. The Kier molecular flexibility index (Phi) is 9.21. The average molecular weight is 802 g/mol. The third-order valence-electron chi connectivity index (χ3n) is 9.41. The molecule has 0 fully saturated rings. The van der Waals surface area contributed by atoms with Crippen LogP contribution < -0.4 is 20.9 Å². The second-order valence-corrected chi connectivity index (χ2v) is 11.8. The van der Waals surface area contributed by atoms with E-state index in [1.807, 2.05) is 0 Å². The van der Waals surface area contributed by atoms with E-state index in [0.717, 1.165) is 37.4 Å². The zero-order chi connectivity index (χ0) is 43.0. The Balaban J connectivity index is 2.33. The zero-order valence-electron chi connectivity index (χ0n) is 27.8. The van der Waals surface area contributed by atoms with E-state index in [-0.39, 0.29) is 6.21 Å². The molecule has 0 saturated carbocycles. The van der Waals surface area contributed by atoms with Crippen LogP contribution in [0.15, 0.2) is 4.99 Å². The average Bonchev–Trinajstić information content (AvgIpc) is 3.70. The fourth-order valence-corrected chi connectivity index (χ4v) is 7.36. The summed E-state index contributed by atoms with van der Waals surface area (Å²) in [5, 5.41) is 48.7. The number of fused-ring (bicyclic) bond motifs is 8. The van der Waals surface area contributed by atoms with Gasteiger partial charge in [0.05, 0.1) is 37.4 Å². The topological polar surface area (TPSA) is 179 Å². The van der Waals surface area contributed by atoms with Gasteiger partial charge in [0.15, 0.2) is 46.5 Å². The van der Waals surface area contributed by atoms with E-state index in [1.54, 1.807) is 0 Å². The van der Waals surface area contributed by atoms with E-state index >= 15 is 52.7 Å². The molecule has 0 bridgehead atoms. The van der Waals surface area contributed by atoms with Gasteiger partial charge in [-0.15, -0.1) is 0 Å². The summed E-state index contributed by atoms with van der Waals surface area (Å²) in [6.07, 6.45) is 0.235. The van der Waals surface area contributed by atoms with Gasteiger partial charge < -0.3 is 5.41 Å². The maximum Gasteiger partial charge on any atom is 0.171 e. The zero-order valence-corrected chi connectivity index (χ0v) is 27.8. The second-order valence-electron chi connectivity index (χ2n) is 11.8. The van der Waals surface area contributed by atoms with Crippen LogP contribution in [-0.4, -0.2) is 19.5 Å². The van der Waals surface area contributed by atoms with Gasteiger partial charge in [-0.3, -0.25) is 4.99 Å². The van der Waals surface area contributed by atoms with Crippen LogP contribution in [0.2, 0.25) is 0 Å². The summed E-state index contributed by atoms with van der Waals surface area (Å²) in [5.74, 6) is -31.1. The molecule has 20 heteroatoms. The number of hydrogen-bond acceptors (Lipinski definition) is 8. The third-order valence-corrected chi connectivity index (χ3v) is 9.41. The maximum absolute atomic E-state index is 17.5. The summed E-state index contributed by atoms with van der Waals surface area (Å²) in [4.78, 5) is 3.35. The van der Waals surface area contributed by atoms with E-state index in [9.17, 15) is 31.6 Å². The lowest BCUT2D eigenvalue weighted by Gasteiger charge is -2.33. The van der Waals surface area contributed by atoms with Crippen LogP contribution in [-0.2, 0) is 5.41 Å². The van der Waals surface area contributed by atoms with Gasteiger partial charge >= 0.3 is 0 Å². The van der Waals surface area contributed by atoms with Crippen LogP contribution in [0.25, 0.3) is 22.3 Å². The lowest BCUT2D eigenvalue weighted by atomic mass is 9.67. The van der Waals surface area contributed by atoms with E-state index < -0.39 is 162 Å². The highest BCUT2D eigenvalue weighted by Crippen LogP contribution is 2.56. The lowest BCUT2D eigenvalue weighted by molar-refractivity contribution is 0.447. The SMILES string of the molecule is C/N=C/C(C#N)=c1\c(F)c(F)c2c(c1F)C1(c3c(F)c(=C(C#N)C#N)c(F)c(F)c3=c3c(F)c(F)c(=C(C#N)C#N)c(F)c31)c1c(F)/c(=C(/C#N)C=N)c(F)c(F)c1=2. The molecule has 282 valence electrons. The number of nitriles is 6. The summed E-state index contributed by atoms with van der Waals surface area (Å²) < 4.78 is 200. The molecule has 0 aliphatic heterocycles. The number of rotatable bonds is 2. The summed E-state index contributed by atoms with van der Waals surface area (Å²) in [7, 11) is 0.902. The van der Waals surface area contributed by atoms with Gasteiger partial charge in [-0.05, 0) is 0 Å². The van der Waals surface area contributed by atoms with Gasteiger partial charge in [-0.1, -0.05) is 0 Å². The maximum atomic E-state index is 17.5. The first-order chi connectivity index (χ1) is 27.5. The Labute approximate surface area is 311 Å². The minimum atomic E-state index is -4.35. The van der Waals surface area contributed by atoms with Crippen molar-refractivity contribution in [2.24, 2.45) is 4.99 Å². The highest BCUT2D eigenvalue weighted by atomic mass is 19.2. The Morgan fingerprint density at radius 1 is 0.431 bits per heavy atom. The first kappa shape index (κ1) is 39.5. The van der Waals surface area contributed by atoms with Crippen molar-refractivity contribution in [2.45, 2.75) is 5.41 Å². The normalized spacial score (nSPS) is 13.5. The quantitative estimate of drug-likeness (QED) is 0.157. The smallest absolute Gasteiger partial charge is 0.171 e. The summed E-state index contributed by atoms with van der Waals surface area (Å²) >= 11 is 0. The lowest BCUT2D eigenvalue weighted by Crippen LogP contribution is -2.40. The highest BCUT2D eigenvalue weighted by Gasteiger charge is 2.58. The molecule has 2 aliphatic carbocycles. The van der Waals surface area contributed by atoms with Gasteiger partial charge in [0.25, 0.3) is 0 Å². The van der Waals surface area contributed by atoms with Crippen LogP contribution in [0.1, 0.15) is 22.3 Å². The molecule has 6 rings (SSSR count). The van der Waals surface area contributed by atoms with Crippen LogP contribution in [0, 0.1) is 164 Å². The molecular formula is C38H6F12N8. The van der Waals surface area contributed by atoms with Crippen LogP contribution >= 0.6 is 0 Å². The van der Waals surface area contributed by atoms with E-state index in [2.05, 4.69) is 4.99 Å². The van der Waals surface area contributed by atoms with Crippen LogP contribution in [0.5, 0.6) is 0 Å². The van der Waals surface area contributed by atoms with Crippen molar-refractivity contribution in [1.82, 2.24) is 0 Å². The number of hydrogen-bond donors (Lipinski definition) is 1. The van der Waals surface area contributed by atoms with Gasteiger partial charge in [-0.2, -0.15) is 31.6 Å². The number of aliphatic imine (C=N–C) groups is 1.